The van der Waals surface area contributed by atoms with Gasteiger partial charge < -0.3 is 14.9 Å². The third kappa shape index (κ3) is 2.65. The molecule has 0 aliphatic heterocycles. The molecule has 0 heterocycles. The molecule has 2 N–H and O–H groups in total. The van der Waals surface area contributed by atoms with Crippen LogP contribution in [0.15, 0.2) is 12.1 Å². The lowest BCUT2D eigenvalue weighted by molar-refractivity contribution is -0.138. The number of carboxylic acid groups (broad SMARTS) is 1. The molecule has 0 radical (unpaired) electrons. The van der Waals surface area contributed by atoms with Crippen molar-refractivity contribution in [1.29, 1.82) is 0 Å². The lowest BCUT2D eigenvalue weighted by atomic mass is 9.98. The monoisotopic (exact) mass is 244 g/mol. The van der Waals surface area contributed by atoms with E-state index in [2.05, 4.69) is 0 Å². The maximum Gasteiger partial charge on any atom is 0.310 e. The highest BCUT2D eigenvalue weighted by molar-refractivity contribution is 6.32. The molecule has 4 nitrogen and oxygen atoms in total. The lowest BCUT2D eigenvalue weighted by Gasteiger charge is -2.12. The van der Waals surface area contributed by atoms with E-state index in [1.54, 1.807) is 12.1 Å². The van der Waals surface area contributed by atoms with E-state index in [1.165, 1.54) is 14.0 Å². The van der Waals surface area contributed by atoms with Gasteiger partial charge in [0.15, 0.2) is 0 Å². The van der Waals surface area contributed by atoms with Crippen LogP contribution in [0.5, 0.6) is 5.75 Å². The second-order valence-corrected chi connectivity index (χ2v) is 3.92. The fourth-order valence-electron chi connectivity index (χ4n) is 1.39. The van der Waals surface area contributed by atoms with Crippen molar-refractivity contribution < 1.29 is 19.7 Å². The predicted octanol–water partition coefficient (Wildman–Crippen LogP) is 2.38. The number of hydrogen-bond donors (Lipinski definition) is 2. The van der Waals surface area contributed by atoms with E-state index >= 15 is 0 Å². The number of phenolic OH excluding ortho intramolecular Hbond substituents is 1. The van der Waals surface area contributed by atoms with E-state index < -0.39 is 11.9 Å². The molecular formula is C11H13ClO4. The number of aliphatic carboxylic acids is 1. The second-order valence-electron chi connectivity index (χ2n) is 3.51. The van der Waals surface area contributed by atoms with Gasteiger partial charge in [-0.05, 0) is 24.6 Å². The third-order valence-electron chi connectivity index (χ3n) is 2.30. The summed E-state index contributed by atoms with van der Waals surface area (Å²) in [4.78, 5) is 10.8. The van der Waals surface area contributed by atoms with Crippen molar-refractivity contribution in [3.8, 4) is 5.75 Å². The Balaban J connectivity index is 3.20. The van der Waals surface area contributed by atoms with Gasteiger partial charge in [0.2, 0.25) is 0 Å². The molecule has 0 fully saturated rings. The van der Waals surface area contributed by atoms with Crippen LogP contribution < -0.4 is 0 Å². The van der Waals surface area contributed by atoms with E-state index in [0.717, 1.165) is 5.56 Å². The van der Waals surface area contributed by atoms with Crippen LogP contribution in [0.4, 0.5) is 0 Å². The SMILES string of the molecule is COCc1cc(Cl)c(O)c(C(C)C(=O)O)c1. The molecule has 1 atom stereocenters. The minimum atomic E-state index is -1.01. The summed E-state index contributed by atoms with van der Waals surface area (Å²) in [5.74, 6) is -2.01. The van der Waals surface area contributed by atoms with Gasteiger partial charge in [-0.1, -0.05) is 11.6 Å². The zero-order valence-corrected chi connectivity index (χ0v) is 9.78. The molecule has 16 heavy (non-hydrogen) atoms. The first-order valence-corrected chi connectivity index (χ1v) is 5.08. The standard InChI is InChI=1S/C11H13ClO4/c1-6(11(14)15)8-3-7(5-16-2)4-9(12)10(8)13/h3-4,6,13H,5H2,1-2H3,(H,14,15). The van der Waals surface area contributed by atoms with Crippen molar-refractivity contribution in [1.82, 2.24) is 0 Å². The molecule has 0 spiro atoms. The fraction of sp³-hybridized carbons (Fsp3) is 0.364. The van der Waals surface area contributed by atoms with Gasteiger partial charge in [-0.25, -0.2) is 0 Å². The van der Waals surface area contributed by atoms with Crippen molar-refractivity contribution in [3.05, 3.63) is 28.3 Å². The molecule has 0 saturated heterocycles. The second kappa shape index (κ2) is 5.18. The first-order valence-electron chi connectivity index (χ1n) is 4.70. The zero-order valence-electron chi connectivity index (χ0n) is 9.03. The highest BCUT2D eigenvalue weighted by Crippen LogP contribution is 2.34. The molecular weight excluding hydrogens is 232 g/mol. The number of benzene rings is 1. The number of ether oxygens (including phenoxy) is 1. The minimum Gasteiger partial charge on any atom is -0.506 e. The summed E-state index contributed by atoms with van der Waals surface area (Å²) in [5, 5.41) is 18.7. The zero-order chi connectivity index (χ0) is 12.3. The highest BCUT2D eigenvalue weighted by atomic mass is 35.5. The Labute approximate surface area is 98.4 Å². The predicted molar refractivity (Wildman–Crippen MR) is 59.9 cm³/mol. The van der Waals surface area contributed by atoms with Crippen LogP contribution in [0.25, 0.3) is 0 Å². The number of rotatable bonds is 4. The third-order valence-corrected chi connectivity index (χ3v) is 2.59. The quantitative estimate of drug-likeness (QED) is 0.853. The van der Waals surface area contributed by atoms with Gasteiger partial charge in [-0.3, -0.25) is 4.79 Å². The molecule has 88 valence electrons. The minimum absolute atomic E-state index is 0.137. The topological polar surface area (TPSA) is 66.8 Å². The van der Waals surface area contributed by atoms with Gasteiger partial charge in [0, 0.05) is 12.7 Å². The van der Waals surface area contributed by atoms with Gasteiger partial charge in [0.05, 0.1) is 17.5 Å². The summed E-state index contributed by atoms with van der Waals surface area (Å²) in [7, 11) is 1.53. The first kappa shape index (κ1) is 12.8. The number of carbonyl (C=O) groups is 1. The van der Waals surface area contributed by atoms with Gasteiger partial charge in [-0.15, -0.1) is 0 Å². The molecule has 1 unspecified atom stereocenters. The normalized spacial score (nSPS) is 12.4. The van der Waals surface area contributed by atoms with Crippen molar-refractivity contribution in [2.75, 3.05) is 7.11 Å². The maximum atomic E-state index is 10.8. The van der Waals surface area contributed by atoms with Crippen molar-refractivity contribution in [3.63, 3.8) is 0 Å². The first-order chi connectivity index (χ1) is 7.47. The van der Waals surface area contributed by atoms with Gasteiger partial charge in [0.1, 0.15) is 5.75 Å². The number of aromatic hydroxyl groups is 1. The van der Waals surface area contributed by atoms with E-state index in [4.69, 9.17) is 21.4 Å². The average molecular weight is 245 g/mol. The summed E-state index contributed by atoms with van der Waals surface area (Å²) in [5.41, 5.74) is 1.03. The Morgan fingerprint density at radius 1 is 1.56 bits per heavy atom. The van der Waals surface area contributed by atoms with Crippen LogP contribution in [-0.4, -0.2) is 23.3 Å². The number of methoxy groups -OCH3 is 1. The smallest absolute Gasteiger partial charge is 0.310 e. The van der Waals surface area contributed by atoms with Crippen LogP contribution in [0.2, 0.25) is 5.02 Å². The molecule has 5 heteroatoms. The van der Waals surface area contributed by atoms with Crippen LogP contribution in [0.3, 0.4) is 0 Å². The van der Waals surface area contributed by atoms with E-state index in [0.29, 0.717) is 12.2 Å². The fourth-order valence-corrected chi connectivity index (χ4v) is 1.64. The molecule has 1 rings (SSSR count). The van der Waals surface area contributed by atoms with Crippen LogP contribution in [-0.2, 0) is 16.1 Å². The molecule has 0 amide bonds. The molecule has 0 bridgehead atoms. The summed E-state index contributed by atoms with van der Waals surface area (Å²) in [6, 6.07) is 3.14. The van der Waals surface area contributed by atoms with Gasteiger partial charge in [-0.2, -0.15) is 0 Å². The molecule has 1 aromatic carbocycles. The Bertz CT molecular complexity index is 403. The molecule has 0 aromatic heterocycles. The maximum absolute atomic E-state index is 10.8. The summed E-state index contributed by atoms with van der Waals surface area (Å²) >= 11 is 5.80. The van der Waals surface area contributed by atoms with E-state index in [-0.39, 0.29) is 10.8 Å². The van der Waals surface area contributed by atoms with Crippen molar-refractivity contribution in [2.45, 2.75) is 19.4 Å². The summed E-state index contributed by atoms with van der Waals surface area (Å²) in [6.07, 6.45) is 0. The number of carboxylic acids is 1. The Kier molecular flexibility index (Phi) is 4.15. The Morgan fingerprint density at radius 2 is 2.19 bits per heavy atom. The summed E-state index contributed by atoms with van der Waals surface area (Å²) < 4.78 is 4.93. The average Bonchev–Trinajstić information content (AvgIpc) is 2.22. The largest absolute Gasteiger partial charge is 0.506 e. The molecule has 0 aliphatic rings. The number of phenols is 1. The Morgan fingerprint density at radius 3 is 2.69 bits per heavy atom. The van der Waals surface area contributed by atoms with Crippen LogP contribution in [0, 0.1) is 0 Å². The molecule has 1 aromatic rings. The molecule has 0 aliphatic carbocycles. The van der Waals surface area contributed by atoms with Crippen LogP contribution in [0.1, 0.15) is 24.0 Å². The van der Waals surface area contributed by atoms with Gasteiger partial charge >= 0.3 is 5.97 Å². The summed E-state index contributed by atoms with van der Waals surface area (Å²) in [6.45, 7) is 1.81. The van der Waals surface area contributed by atoms with E-state index in [9.17, 15) is 9.90 Å². The highest BCUT2D eigenvalue weighted by Gasteiger charge is 2.20. The lowest BCUT2D eigenvalue weighted by Crippen LogP contribution is -2.08. The number of hydrogen-bond acceptors (Lipinski definition) is 3. The molecule has 0 saturated carbocycles. The van der Waals surface area contributed by atoms with Gasteiger partial charge in [0.25, 0.3) is 0 Å². The van der Waals surface area contributed by atoms with E-state index in [1.807, 2.05) is 0 Å². The van der Waals surface area contributed by atoms with Crippen LogP contribution >= 0.6 is 11.6 Å². The van der Waals surface area contributed by atoms with Crippen molar-refractivity contribution >= 4 is 17.6 Å². The number of halogens is 1. The Hall–Kier alpha value is -1.26. The van der Waals surface area contributed by atoms with Crippen molar-refractivity contribution in [2.24, 2.45) is 0 Å².